The molecule has 0 aliphatic rings. The molecule has 15 heavy (non-hydrogen) atoms. The number of nitrogens with zero attached hydrogens (tertiary/aromatic N) is 1. The van der Waals surface area contributed by atoms with Crippen molar-refractivity contribution < 1.29 is 0 Å². The monoisotopic (exact) mass is 201 g/mol. The highest BCUT2D eigenvalue weighted by Crippen LogP contribution is 2.20. The molecule has 78 valence electrons. The highest BCUT2D eigenvalue weighted by molar-refractivity contribution is 5.26. The van der Waals surface area contributed by atoms with Crippen molar-refractivity contribution in [2.45, 2.75) is 12.8 Å². The van der Waals surface area contributed by atoms with Crippen molar-refractivity contribution in [2.24, 2.45) is 5.73 Å². The van der Waals surface area contributed by atoms with Gasteiger partial charge in [-0.2, -0.15) is 0 Å². The van der Waals surface area contributed by atoms with Crippen LogP contribution in [0.25, 0.3) is 0 Å². The third kappa shape index (κ3) is 2.07. The van der Waals surface area contributed by atoms with Gasteiger partial charge in [-0.25, -0.2) is 4.98 Å². The number of imidazole rings is 1. The van der Waals surface area contributed by atoms with Gasteiger partial charge in [0.1, 0.15) is 5.82 Å². The first-order chi connectivity index (χ1) is 7.31. The number of nitrogens with two attached hydrogens (primary N) is 1. The van der Waals surface area contributed by atoms with E-state index in [-0.39, 0.29) is 5.92 Å². The molecule has 2 aromatic rings. The Balaban J connectivity index is 2.33. The Labute approximate surface area is 89.4 Å². The predicted molar refractivity (Wildman–Crippen MR) is 60.7 cm³/mol. The summed E-state index contributed by atoms with van der Waals surface area (Å²) in [6, 6.07) is 10.2. The molecule has 1 unspecified atom stereocenters. The van der Waals surface area contributed by atoms with Crippen molar-refractivity contribution in [1.82, 2.24) is 9.97 Å². The van der Waals surface area contributed by atoms with Gasteiger partial charge in [0.25, 0.3) is 0 Å². The summed E-state index contributed by atoms with van der Waals surface area (Å²) in [5, 5.41) is 0. The molecule has 1 aromatic heterocycles. The predicted octanol–water partition coefficient (Wildman–Crippen LogP) is 1.81. The van der Waals surface area contributed by atoms with E-state index in [2.05, 4.69) is 22.1 Å². The topological polar surface area (TPSA) is 54.7 Å². The van der Waals surface area contributed by atoms with Crippen LogP contribution in [-0.2, 0) is 0 Å². The normalized spacial score (nSPS) is 12.7. The van der Waals surface area contributed by atoms with Crippen molar-refractivity contribution >= 4 is 0 Å². The second-order valence-electron chi connectivity index (χ2n) is 3.65. The van der Waals surface area contributed by atoms with Crippen molar-refractivity contribution in [2.75, 3.05) is 6.54 Å². The van der Waals surface area contributed by atoms with E-state index in [4.69, 9.17) is 5.73 Å². The Morgan fingerprint density at radius 2 is 2.07 bits per heavy atom. The minimum atomic E-state index is 0.167. The first kappa shape index (κ1) is 9.93. The molecule has 3 nitrogen and oxygen atoms in total. The zero-order chi connectivity index (χ0) is 10.7. The van der Waals surface area contributed by atoms with Crippen LogP contribution in [0.4, 0.5) is 0 Å². The second kappa shape index (κ2) is 4.28. The number of aryl methyl sites for hydroxylation is 1. The van der Waals surface area contributed by atoms with Crippen LogP contribution < -0.4 is 5.73 Å². The van der Waals surface area contributed by atoms with E-state index in [1.807, 2.05) is 31.3 Å². The Kier molecular flexibility index (Phi) is 2.83. The molecule has 2 rings (SSSR count). The molecule has 1 aromatic carbocycles. The van der Waals surface area contributed by atoms with Crippen molar-refractivity contribution in [3.63, 3.8) is 0 Å². The van der Waals surface area contributed by atoms with Gasteiger partial charge in [0, 0.05) is 18.4 Å². The lowest BCUT2D eigenvalue weighted by molar-refractivity contribution is 0.763. The van der Waals surface area contributed by atoms with Crippen LogP contribution in [0.2, 0.25) is 0 Å². The Morgan fingerprint density at radius 3 is 2.60 bits per heavy atom. The maximum Gasteiger partial charge on any atom is 0.115 e. The van der Waals surface area contributed by atoms with Crippen LogP contribution in [0, 0.1) is 6.92 Å². The standard InChI is InChI=1S/C12H15N3/c1-9-8-14-12(15-9)11(7-13)10-5-3-2-4-6-10/h2-6,8,11H,7,13H2,1H3,(H,14,15). The van der Waals surface area contributed by atoms with Crippen LogP contribution in [0.15, 0.2) is 36.5 Å². The summed E-state index contributed by atoms with van der Waals surface area (Å²) in [5.74, 6) is 1.11. The molecule has 0 amide bonds. The minimum absolute atomic E-state index is 0.167. The Bertz CT molecular complexity index is 419. The fraction of sp³-hybridized carbons (Fsp3) is 0.250. The number of aromatic nitrogens is 2. The molecular formula is C12H15N3. The van der Waals surface area contributed by atoms with Crippen LogP contribution in [0.3, 0.4) is 0 Å². The average Bonchev–Trinajstić information content (AvgIpc) is 2.68. The van der Waals surface area contributed by atoms with Gasteiger partial charge in [0.2, 0.25) is 0 Å². The van der Waals surface area contributed by atoms with Crippen molar-refractivity contribution in [3.8, 4) is 0 Å². The molecule has 0 aliphatic carbocycles. The van der Waals surface area contributed by atoms with E-state index in [9.17, 15) is 0 Å². The SMILES string of the molecule is Cc1cnc(C(CN)c2ccccc2)[nH]1. The molecule has 1 atom stereocenters. The molecule has 0 saturated heterocycles. The van der Waals surface area contributed by atoms with E-state index in [0.29, 0.717) is 6.54 Å². The maximum absolute atomic E-state index is 5.79. The van der Waals surface area contributed by atoms with Gasteiger partial charge in [0.05, 0.1) is 5.92 Å². The van der Waals surface area contributed by atoms with E-state index in [1.54, 1.807) is 0 Å². The van der Waals surface area contributed by atoms with E-state index in [0.717, 1.165) is 11.5 Å². The van der Waals surface area contributed by atoms with Gasteiger partial charge in [-0.3, -0.25) is 0 Å². The smallest absolute Gasteiger partial charge is 0.115 e. The third-order valence-corrected chi connectivity index (χ3v) is 2.49. The summed E-state index contributed by atoms with van der Waals surface area (Å²) < 4.78 is 0. The average molecular weight is 201 g/mol. The van der Waals surface area contributed by atoms with Gasteiger partial charge in [-0.15, -0.1) is 0 Å². The molecule has 0 radical (unpaired) electrons. The van der Waals surface area contributed by atoms with Crippen LogP contribution in [0.1, 0.15) is 23.0 Å². The minimum Gasteiger partial charge on any atom is -0.346 e. The number of nitrogens with one attached hydrogen (secondary N) is 1. The van der Waals surface area contributed by atoms with E-state index < -0.39 is 0 Å². The number of hydrogen-bond donors (Lipinski definition) is 2. The highest BCUT2D eigenvalue weighted by Gasteiger charge is 2.14. The zero-order valence-corrected chi connectivity index (χ0v) is 8.77. The van der Waals surface area contributed by atoms with Gasteiger partial charge in [-0.1, -0.05) is 30.3 Å². The first-order valence-corrected chi connectivity index (χ1v) is 5.08. The van der Waals surface area contributed by atoms with Gasteiger partial charge in [-0.05, 0) is 12.5 Å². The fourth-order valence-corrected chi connectivity index (χ4v) is 1.70. The van der Waals surface area contributed by atoms with Gasteiger partial charge >= 0.3 is 0 Å². The number of H-pyrrole nitrogens is 1. The molecule has 1 heterocycles. The number of benzene rings is 1. The molecule has 0 fully saturated rings. The fourth-order valence-electron chi connectivity index (χ4n) is 1.70. The van der Waals surface area contributed by atoms with Crippen LogP contribution in [0.5, 0.6) is 0 Å². The summed E-state index contributed by atoms with van der Waals surface area (Å²) in [5.41, 5.74) is 8.06. The molecule has 0 saturated carbocycles. The summed E-state index contributed by atoms with van der Waals surface area (Å²) in [4.78, 5) is 7.56. The Hall–Kier alpha value is -1.61. The van der Waals surface area contributed by atoms with E-state index >= 15 is 0 Å². The van der Waals surface area contributed by atoms with Gasteiger partial charge in [0.15, 0.2) is 0 Å². The van der Waals surface area contributed by atoms with Gasteiger partial charge < -0.3 is 10.7 Å². The summed E-state index contributed by atoms with van der Waals surface area (Å²) >= 11 is 0. The largest absolute Gasteiger partial charge is 0.346 e. The van der Waals surface area contributed by atoms with Crippen LogP contribution >= 0.6 is 0 Å². The Morgan fingerprint density at radius 1 is 1.33 bits per heavy atom. The van der Waals surface area contributed by atoms with E-state index in [1.165, 1.54) is 5.56 Å². The molecule has 3 heteroatoms. The first-order valence-electron chi connectivity index (χ1n) is 5.08. The lowest BCUT2D eigenvalue weighted by atomic mass is 9.99. The number of hydrogen-bond acceptors (Lipinski definition) is 2. The van der Waals surface area contributed by atoms with Crippen molar-refractivity contribution in [1.29, 1.82) is 0 Å². The molecule has 0 aliphatic heterocycles. The lowest BCUT2D eigenvalue weighted by Gasteiger charge is -2.12. The molecular weight excluding hydrogens is 186 g/mol. The lowest BCUT2D eigenvalue weighted by Crippen LogP contribution is -2.15. The molecule has 3 N–H and O–H groups in total. The molecule has 0 spiro atoms. The van der Waals surface area contributed by atoms with Crippen molar-refractivity contribution in [3.05, 3.63) is 53.6 Å². The summed E-state index contributed by atoms with van der Waals surface area (Å²) in [6.45, 7) is 2.56. The second-order valence-corrected chi connectivity index (χ2v) is 3.65. The van der Waals surface area contributed by atoms with Crippen LogP contribution in [-0.4, -0.2) is 16.5 Å². The quantitative estimate of drug-likeness (QED) is 0.795. The third-order valence-electron chi connectivity index (χ3n) is 2.49. The summed E-state index contributed by atoms with van der Waals surface area (Å²) in [6.07, 6.45) is 1.83. The number of aromatic amines is 1. The maximum atomic E-state index is 5.79. The zero-order valence-electron chi connectivity index (χ0n) is 8.77. The highest BCUT2D eigenvalue weighted by atomic mass is 14.9. The molecule has 0 bridgehead atoms. The summed E-state index contributed by atoms with van der Waals surface area (Å²) in [7, 11) is 0. The number of rotatable bonds is 3.